The fourth-order valence-electron chi connectivity index (χ4n) is 3.13. The van der Waals surface area contributed by atoms with E-state index in [0.29, 0.717) is 22.4 Å². The predicted molar refractivity (Wildman–Crippen MR) is 121 cm³/mol. The van der Waals surface area contributed by atoms with Crippen LogP contribution < -0.4 is 15.4 Å². The number of hydrogen-bond donors (Lipinski definition) is 3. The minimum Gasteiger partial charge on any atom is -0.355 e. The van der Waals surface area contributed by atoms with E-state index in [4.69, 9.17) is 0 Å². The van der Waals surface area contributed by atoms with Gasteiger partial charge in [-0.25, -0.2) is 12.8 Å². The molecule has 0 spiro atoms. The van der Waals surface area contributed by atoms with Gasteiger partial charge in [0, 0.05) is 18.3 Å². The summed E-state index contributed by atoms with van der Waals surface area (Å²) in [5, 5.41) is 5.24. The van der Waals surface area contributed by atoms with Crippen LogP contribution >= 0.6 is 0 Å². The molecule has 0 aliphatic rings. The number of carbonyl (C=O) groups is 2. The van der Waals surface area contributed by atoms with Crippen LogP contribution in [-0.4, -0.2) is 27.3 Å². The second-order valence-electron chi connectivity index (χ2n) is 7.12. The van der Waals surface area contributed by atoms with Crippen LogP contribution in [0.1, 0.15) is 31.8 Å². The zero-order chi connectivity index (χ0) is 23.5. The van der Waals surface area contributed by atoms with Gasteiger partial charge in [0.05, 0.1) is 16.1 Å². The van der Waals surface area contributed by atoms with E-state index in [1.807, 2.05) is 0 Å². The zero-order valence-electron chi connectivity index (χ0n) is 17.7. The molecule has 0 aliphatic heterocycles. The van der Waals surface area contributed by atoms with Crippen LogP contribution in [-0.2, 0) is 10.0 Å². The molecule has 0 aromatic heterocycles. The average Bonchev–Trinajstić information content (AvgIpc) is 2.75. The van der Waals surface area contributed by atoms with Crippen LogP contribution in [0.3, 0.4) is 0 Å². The molecule has 3 aromatic rings. The number of rotatable bonds is 6. The van der Waals surface area contributed by atoms with Crippen LogP contribution in [0.4, 0.5) is 15.8 Å². The van der Waals surface area contributed by atoms with Crippen molar-refractivity contribution in [2.24, 2.45) is 0 Å². The first kappa shape index (κ1) is 23.0. The molecule has 3 N–H and O–H groups in total. The van der Waals surface area contributed by atoms with Gasteiger partial charge >= 0.3 is 0 Å². The number of nitrogens with one attached hydrogen (secondary N) is 3. The van der Waals surface area contributed by atoms with Crippen LogP contribution in [0.5, 0.6) is 0 Å². The molecule has 0 heterocycles. The van der Waals surface area contributed by atoms with E-state index in [2.05, 4.69) is 15.4 Å². The third-order valence-corrected chi connectivity index (χ3v) is 6.21. The molecule has 3 rings (SSSR count). The third-order valence-electron chi connectivity index (χ3n) is 4.84. The standard InChI is InChI=1S/C23H22FN3O4S/c1-14-7-12-18(32(30,31)27-17-10-8-16(24)9-11-17)13-19(14)22(28)26-20-6-4-5-15(2)21(20)23(29)25-3/h4-13,27H,1-3H3,(H,25,29)(H,26,28). The number of aryl methyl sites for hydroxylation is 2. The molecule has 0 bridgehead atoms. The van der Waals surface area contributed by atoms with Crippen molar-refractivity contribution in [2.75, 3.05) is 17.1 Å². The number of amides is 2. The highest BCUT2D eigenvalue weighted by molar-refractivity contribution is 7.92. The first-order chi connectivity index (χ1) is 15.1. The number of halogens is 1. The van der Waals surface area contributed by atoms with Crippen LogP contribution in [0.2, 0.25) is 0 Å². The number of sulfonamides is 1. The quantitative estimate of drug-likeness (QED) is 0.525. The zero-order valence-corrected chi connectivity index (χ0v) is 18.5. The van der Waals surface area contributed by atoms with Gasteiger partial charge in [-0.2, -0.15) is 0 Å². The van der Waals surface area contributed by atoms with Crippen LogP contribution in [0, 0.1) is 19.7 Å². The lowest BCUT2D eigenvalue weighted by molar-refractivity contribution is 0.0963. The summed E-state index contributed by atoms with van der Waals surface area (Å²) in [5.41, 5.74) is 2.19. The lowest BCUT2D eigenvalue weighted by atomic mass is 10.0. The Morgan fingerprint density at radius 3 is 2.22 bits per heavy atom. The van der Waals surface area contributed by atoms with Crippen LogP contribution in [0.15, 0.2) is 65.6 Å². The topological polar surface area (TPSA) is 104 Å². The molecule has 0 radical (unpaired) electrons. The maximum Gasteiger partial charge on any atom is 0.261 e. The summed E-state index contributed by atoms with van der Waals surface area (Å²) in [6, 6.07) is 14.1. The largest absolute Gasteiger partial charge is 0.355 e. The van der Waals surface area contributed by atoms with Gasteiger partial charge in [0.15, 0.2) is 0 Å². The molecule has 0 atom stereocenters. The number of carbonyl (C=O) groups excluding carboxylic acids is 2. The molecule has 7 nitrogen and oxygen atoms in total. The fraction of sp³-hybridized carbons (Fsp3) is 0.130. The van der Waals surface area contributed by atoms with Crippen LogP contribution in [0.25, 0.3) is 0 Å². The molecule has 0 saturated carbocycles. The average molecular weight is 456 g/mol. The second-order valence-corrected chi connectivity index (χ2v) is 8.80. The van der Waals surface area contributed by atoms with Crippen molar-refractivity contribution in [3.8, 4) is 0 Å². The Morgan fingerprint density at radius 1 is 0.875 bits per heavy atom. The Hall–Kier alpha value is -3.72. The van der Waals surface area contributed by atoms with Crippen molar-refractivity contribution in [1.82, 2.24) is 5.32 Å². The van der Waals surface area contributed by atoms with Gasteiger partial charge in [0.25, 0.3) is 21.8 Å². The van der Waals surface area contributed by atoms with E-state index in [0.717, 1.165) is 12.1 Å². The molecular weight excluding hydrogens is 433 g/mol. The predicted octanol–water partition coefficient (Wildman–Crippen LogP) is 3.86. The SMILES string of the molecule is CNC(=O)c1c(C)cccc1NC(=O)c1cc(S(=O)(=O)Nc2ccc(F)cc2)ccc1C. The minimum absolute atomic E-state index is 0.131. The maximum atomic E-state index is 13.1. The first-order valence-electron chi connectivity index (χ1n) is 9.64. The fourth-order valence-corrected chi connectivity index (χ4v) is 4.22. The van der Waals surface area contributed by atoms with Gasteiger partial charge in [0.1, 0.15) is 5.82 Å². The smallest absolute Gasteiger partial charge is 0.261 e. The van der Waals surface area contributed by atoms with E-state index >= 15 is 0 Å². The molecule has 166 valence electrons. The molecule has 9 heteroatoms. The van der Waals surface area contributed by atoms with Gasteiger partial charge in [-0.05, 0) is 67.4 Å². The highest BCUT2D eigenvalue weighted by atomic mass is 32.2. The highest BCUT2D eigenvalue weighted by Gasteiger charge is 2.20. The van der Waals surface area contributed by atoms with Crippen molar-refractivity contribution in [3.05, 3.63) is 88.7 Å². The Morgan fingerprint density at radius 2 is 1.56 bits per heavy atom. The molecule has 0 unspecified atom stereocenters. The van der Waals surface area contributed by atoms with E-state index in [1.54, 1.807) is 32.0 Å². The molecular formula is C23H22FN3O4S. The summed E-state index contributed by atoms with van der Waals surface area (Å²) in [6.07, 6.45) is 0. The molecule has 0 aliphatic carbocycles. The number of anilines is 2. The summed E-state index contributed by atoms with van der Waals surface area (Å²) < 4.78 is 41.0. The highest BCUT2D eigenvalue weighted by Crippen LogP contribution is 2.23. The lowest BCUT2D eigenvalue weighted by Crippen LogP contribution is -2.23. The van der Waals surface area contributed by atoms with E-state index in [1.165, 1.54) is 37.4 Å². The molecule has 3 aromatic carbocycles. The minimum atomic E-state index is -4.02. The summed E-state index contributed by atoms with van der Waals surface area (Å²) in [6.45, 7) is 3.43. The number of benzene rings is 3. The summed E-state index contributed by atoms with van der Waals surface area (Å²) in [7, 11) is -2.53. The van der Waals surface area contributed by atoms with Crippen molar-refractivity contribution in [2.45, 2.75) is 18.7 Å². The van der Waals surface area contributed by atoms with E-state index in [9.17, 15) is 22.4 Å². The Balaban J connectivity index is 1.92. The first-order valence-corrected chi connectivity index (χ1v) is 11.1. The van der Waals surface area contributed by atoms with Crippen molar-refractivity contribution >= 4 is 33.2 Å². The second kappa shape index (κ2) is 9.19. The molecule has 0 saturated heterocycles. The summed E-state index contributed by atoms with van der Waals surface area (Å²) in [4.78, 5) is 25.1. The van der Waals surface area contributed by atoms with Gasteiger partial charge in [0.2, 0.25) is 0 Å². The lowest BCUT2D eigenvalue weighted by Gasteiger charge is -2.14. The van der Waals surface area contributed by atoms with Crippen molar-refractivity contribution in [3.63, 3.8) is 0 Å². The monoisotopic (exact) mass is 455 g/mol. The molecule has 2 amide bonds. The van der Waals surface area contributed by atoms with E-state index in [-0.39, 0.29) is 22.1 Å². The molecule has 0 fully saturated rings. The summed E-state index contributed by atoms with van der Waals surface area (Å²) >= 11 is 0. The van der Waals surface area contributed by atoms with Crippen molar-refractivity contribution in [1.29, 1.82) is 0 Å². The van der Waals surface area contributed by atoms with Gasteiger partial charge in [-0.3, -0.25) is 14.3 Å². The Labute approximate surface area is 185 Å². The van der Waals surface area contributed by atoms with Gasteiger partial charge in [-0.1, -0.05) is 18.2 Å². The number of hydrogen-bond acceptors (Lipinski definition) is 4. The van der Waals surface area contributed by atoms with E-state index < -0.39 is 21.7 Å². The third kappa shape index (κ3) is 4.94. The maximum absolute atomic E-state index is 13.1. The normalized spacial score (nSPS) is 11.0. The van der Waals surface area contributed by atoms with Gasteiger partial charge < -0.3 is 10.6 Å². The van der Waals surface area contributed by atoms with Gasteiger partial charge in [-0.15, -0.1) is 0 Å². The molecule has 32 heavy (non-hydrogen) atoms. The van der Waals surface area contributed by atoms with Crippen molar-refractivity contribution < 1.29 is 22.4 Å². The Bertz CT molecular complexity index is 1290. The summed E-state index contributed by atoms with van der Waals surface area (Å²) in [5.74, 6) is -1.40. The Kier molecular flexibility index (Phi) is 6.59.